The fourth-order valence-corrected chi connectivity index (χ4v) is 2.24. The number of nitrogens with zero attached hydrogens (tertiary/aromatic N) is 4. The summed E-state index contributed by atoms with van der Waals surface area (Å²) in [6.45, 7) is 8.85. The molecule has 0 spiro atoms. The van der Waals surface area contributed by atoms with Crippen molar-refractivity contribution in [3.05, 3.63) is 36.4 Å². The zero-order chi connectivity index (χ0) is 13.8. The zero-order valence-electron chi connectivity index (χ0n) is 12.3. The molecule has 4 heteroatoms. The van der Waals surface area contributed by atoms with Crippen LogP contribution in [0.4, 0.5) is 0 Å². The lowest BCUT2D eigenvalue weighted by atomic mass is 10.00. The van der Waals surface area contributed by atoms with Crippen LogP contribution in [0.3, 0.4) is 0 Å². The van der Waals surface area contributed by atoms with Gasteiger partial charge in [0.25, 0.3) is 0 Å². The van der Waals surface area contributed by atoms with Gasteiger partial charge in [-0.25, -0.2) is 0 Å². The van der Waals surface area contributed by atoms with Gasteiger partial charge in [-0.2, -0.15) is 10.2 Å². The molecule has 19 heavy (non-hydrogen) atoms. The Morgan fingerprint density at radius 1 is 1.16 bits per heavy atom. The Balaban J connectivity index is 2.12. The Morgan fingerprint density at radius 2 is 1.95 bits per heavy atom. The molecule has 0 amide bonds. The smallest absolute Gasteiger partial charge is 0.0646 e. The maximum Gasteiger partial charge on any atom is 0.0646 e. The van der Waals surface area contributed by atoms with Gasteiger partial charge in [0.15, 0.2) is 0 Å². The lowest BCUT2D eigenvalue weighted by molar-refractivity contribution is 0.339. The van der Waals surface area contributed by atoms with Crippen molar-refractivity contribution in [1.29, 1.82) is 0 Å². The van der Waals surface area contributed by atoms with Crippen molar-refractivity contribution in [2.75, 3.05) is 0 Å². The molecule has 0 radical (unpaired) electrons. The van der Waals surface area contributed by atoms with Crippen LogP contribution >= 0.6 is 0 Å². The molecule has 2 unspecified atom stereocenters. The fraction of sp³-hybridized carbons (Fsp3) is 0.600. The fourth-order valence-electron chi connectivity index (χ4n) is 2.24. The second kappa shape index (κ2) is 6.04. The minimum Gasteiger partial charge on any atom is -0.270 e. The van der Waals surface area contributed by atoms with Gasteiger partial charge < -0.3 is 0 Å². The third-order valence-corrected chi connectivity index (χ3v) is 3.76. The molecule has 2 aromatic rings. The molecule has 2 aromatic heterocycles. The first-order valence-electron chi connectivity index (χ1n) is 7.15. The Labute approximate surface area is 115 Å². The van der Waals surface area contributed by atoms with Crippen molar-refractivity contribution >= 4 is 0 Å². The van der Waals surface area contributed by atoms with Crippen molar-refractivity contribution in [2.45, 2.75) is 52.6 Å². The van der Waals surface area contributed by atoms with E-state index in [9.17, 15) is 0 Å². The van der Waals surface area contributed by atoms with E-state index in [-0.39, 0.29) is 0 Å². The Bertz CT molecular complexity index is 484. The minimum absolute atomic E-state index is 0.371. The maximum absolute atomic E-state index is 4.69. The number of hydrogen-bond donors (Lipinski definition) is 0. The molecule has 2 atom stereocenters. The SMILES string of the molecule is CCC(C)n1ccc(CC(C(C)C)n2cccn2)n1. The normalized spacial score (nSPS) is 14.8. The molecule has 0 aromatic carbocycles. The maximum atomic E-state index is 4.69. The van der Waals surface area contributed by atoms with Crippen LogP contribution in [-0.4, -0.2) is 19.6 Å². The molecule has 0 fully saturated rings. The molecule has 104 valence electrons. The van der Waals surface area contributed by atoms with Crippen LogP contribution < -0.4 is 0 Å². The van der Waals surface area contributed by atoms with Crippen LogP contribution in [0.25, 0.3) is 0 Å². The molecule has 0 N–H and O–H groups in total. The van der Waals surface area contributed by atoms with Gasteiger partial charge in [-0.05, 0) is 31.4 Å². The monoisotopic (exact) mass is 260 g/mol. The second-order valence-corrected chi connectivity index (χ2v) is 5.55. The predicted molar refractivity (Wildman–Crippen MR) is 77.0 cm³/mol. The highest BCUT2D eigenvalue weighted by atomic mass is 15.3. The van der Waals surface area contributed by atoms with E-state index in [0.29, 0.717) is 18.0 Å². The molecule has 0 aliphatic heterocycles. The van der Waals surface area contributed by atoms with E-state index < -0.39 is 0 Å². The van der Waals surface area contributed by atoms with Gasteiger partial charge in [0.1, 0.15) is 0 Å². The number of rotatable bonds is 6. The first-order valence-corrected chi connectivity index (χ1v) is 7.15. The lowest BCUT2D eigenvalue weighted by Gasteiger charge is -2.20. The quantitative estimate of drug-likeness (QED) is 0.797. The lowest BCUT2D eigenvalue weighted by Crippen LogP contribution is -2.19. The van der Waals surface area contributed by atoms with Crippen LogP contribution in [-0.2, 0) is 6.42 Å². The molecule has 0 bridgehead atoms. The van der Waals surface area contributed by atoms with Gasteiger partial charge >= 0.3 is 0 Å². The van der Waals surface area contributed by atoms with Gasteiger partial charge in [0.2, 0.25) is 0 Å². The summed E-state index contributed by atoms with van der Waals surface area (Å²) in [5.74, 6) is 0.536. The molecular weight excluding hydrogens is 236 g/mol. The van der Waals surface area contributed by atoms with Gasteiger partial charge in [-0.15, -0.1) is 0 Å². The molecule has 2 rings (SSSR count). The molecule has 0 saturated carbocycles. The van der Waals surface area contributed by atoms with E-state index in [2.05, 4.69) is 54.8 Å². The Hall–Kier alpha value is -1.58. The third-order valence-electron chi connectivity index (χ3n) is 3.76. The van der Waals surface area contributed by atoms with E-state index >= 15 is 0 Å². The molecule has 0 aliphatic carbocycles. The number of hydrogen-bond acceptors (Lipinski definition) is 2. The van der Waals surface area contributed by atoms with Crippen LogP contribution in [0.15, 0.2) is 30.7 Å². The van der Waals surface area contributed by atoms with E-state index in [4.69, 9.17) is 0 Å². The molecule has 0 aliphatic rings. The summed E-state index contributed by atoms with van der Waals surface area (Å²) < 4.78 is 4.11. The first-order chi connectivity index (χ1) is 9.11. The summed E-state index contributed by atoms with van der Waals surface area (Å²) in [4.78, 5) is 0. The van der Waals surface area contributed by atoms with Crippen LogP contribution in [0.5, 0.6) is 0 Å². The number of aromatic nitrogens is 4. The topological polar surface area (TPSA) is 35.6 Å². The predicted octanol–water partition coefficient (Wildman–Crippen LogP) is 3.49. The highest BCUT2D eigenvalue weighted by molar-refractivity contribution is 5.02. The van der Waals surface area contributed by atoms with Crippen LogP contribution in [0.2, 0.25) is 0 Å². The van der Waals surface area contributed by atoms with Crippen molar-refractivity contribution in [3.8, 4) is 0 Å². The van der Waals surface area contributed by atoms with Crippen molar-refractivity contribution in [2.24, 2.45) is 5.92 Å². The van der Waals surface area contributed by atoms with Gasteiger partial charge in [-0.3, -0.25) is 9.36 Å². The average molecular weight is 260 g/mol. The van der Waals surface area contributed by atoms with E-state index in [1.54, 1.807) is 0 Å². The van der Waals surface area contributed by atoms with Crippen LogP contribution in [0, 0.1) is 5.92 Å². The minimum atomic E-state index is 0.371. The van der Waals surface area contributed by atoms with E-state index in [1.165, 1.54) is 0 Å². The summed E-state index contributed by atoms with van der Waals surface area (Å²) in [6, 6.07) is 4.95. The van der Waals surface area contributed by atoms with Gasteiger partial charge in [0, 0.05) is 31.1 Å². The summed E-state index contributed by atoms with van der Waals surface area (Å²) >= 11 is 0. The van der Waals surface area contributed by atoms with Crippen LogP contribution in [0.1, 0.15) is 51.9 Å². The summed E-state index contributed by atoms with van der Waals surface area (Å²) in [6.07, 6.45) is 8.00. The zero-order valence-corrected chi connectivity index (χ0v) is 12.3. The highest BCUT2D eigenvalue weighted by Crippen LogP contribution is 2.21. The summed E-state index contributed by atoms with van der Waals surface area (Å²) in [7, 11) is 0. The molecule has 4 nitrogen and oxygen atoms in total. The second-order valence-electron chi connectivity index (χ2n) is 5.55. The van der Waals surface area contributed by atoms with Gasteiger partial charge in [-0.1, -0.05) is 20.8 Å². The van der Waals surface area contributed by atoms with Crippen molar-refractivity contribution < 1.29 is 0 Å². The summed E-state index contributed by atoms with van der Waals surface area (Å²) in [5.41, 5.74) is 1.15. The van der Waals surface area contributed by atoms with E-state index in [1.807, 2.05) is 23.1 Å². The van der Waals surface area contributed by atoms with Crippen molar-refractivity contribution in [3.63, 3.8) is 0 Å². The highest BCUT2D eigenvalue weighted by Gasteiger charge is 2.18. The molecule has 2 heterocycles. The molecular formula is C15H24N4. The average Bonchev–Trinajstić information content (AvgIpc) is 3.05. The largest absolute Gasteiger partial charge is 0.270 e. The summed E-state index contributed by atoms with van der Waals surface area (Å²) in [5, 5.41) is 9.06. The standard InChI is InChI=1S/C15H24N4/c1-5-13(4)18-10-7-14(17-18)11-15(12(2)3)19-9-6-8-16-19/h6-10,12-13,15H,5,11H2,1-4H3. The van der Waals surface area contributed by atoms with E-state index in [0.717, 1.165) is 18.5 Å². The third kappa shape index (κ3) is 3.25. The molecule has 0 saturated heterocycles. The Morgan fingerprint density at radius 3 is 2.53 bits per heavy atom. The first kappa shape index (κ1) is 13.8. The van der Waals surface area contributed by atoms with Gasteiger partial charge in [0.05, 0.1) is 11.7 Å². The van der Waals surface area contributed by atoms with Crippen molar-refractivity contribution in [1.82, 2.24) is 19.6 Å². The Kier molecular flexibility index (Phi) is 4.40.